The van der Waals surface area contributed by atoms with Crippen LogP contribution < -0.4 is 24.8 Å². The van der Waals surface area contributed by atoms with Gasteiger partial charge in [0, 0.05) is 25.7 Å². The van der Waals surface area contributed by atoms with Gasteiger partial charge in [-0.15, -0.1) is 24.0 Å². The van der Waals surface area contributed by atoms with E-state index in [0.29, 0.717) is 23.8 Å². The molecule has 0 bridgehead atoms. The monoisotopic (exact) mass is 534 g/mol. The van der Waals surface area contributed by atoms with Gasteiger partial charge < -0.3 is 24.8 Å². The van der Waals surface area contributed by atoms with Crippen LogP contribution in [0.1, 0.15) is 45.1 Å². The average molecular weight is 534 g/mol. The number of halogens is 1. The van der Waals surface area contributed by atoms with Gasteiger partial charge >= 0.3 is 0 Å². The van der Waals surface area contributed by atoms with Gasteiger partial charge in [0.15, 0.2) is 17.5 Å². The second kappa shape index (κ2) is 14.6. The number of guanidine groups is 1. The summed E-state index contributed by atoms with van der Waals surface area (Å²) in [6, 6.07) is 4.60. The lowest BCUT2D eigenvalue weighted by Crippen LogP contribution is -2.45. The van der Waals surface area contributed by atoms with Crippen LogP contribution >= 0.6 is 24.0 Å². The van der Waals surface area contributed by atoms with E-state index >= 15 is 0 Å². The summed E-state index contributed by atoms with van der Waals surface area (Å²) in [5, 5.41) is 6.80. The molecule has 1 aromatic rings. The predicted octanol–water partition coefficient (Wildman–Crippen LogP) is 3.65. The third-order valence-electron chi connectivity index (χ3n) is 5.40. The molecule has 1 atom stereocenters. The number of hydrogen-bond donors (Lipinski definition) is 2. The van der Waals surface area contributed by atoms with Crippen LogP contribution in [0.2, 0.25) is 0 Å². The molecule has 1 aromatic carbocycles. The standard InChI is InChI=1S/C22H38N4O3.HI/c1-6-18-10-8-9-12-26(18)13-11-24-22(23-7-2)25-16-17-14-19(27-3)21(29-5)20(15-17)28-4;/h14-15,18H,6-13,16H2,1-5H3,(H2,23,24,25);1H. The number of aliphatic imine (C=N–C) groups is 1. The van der Waals surface area contributed by atoms with Gasteiger partial charge in [-0.25, -0.2) is 4.99 Å². The zero-order valence-electron chi connectivity index (χ0n) is 19.1. The lowest BCUT2D eigenvalue weighted by molar-refractivity contribution is 0.147. The fraction of sp³-hybridized carbons (Fsp3) is 0.682. The Morgan fingerprint density at radius 1 is 1.07 bits per heavy atom. The number of benzene rings is 1. The summed E-state index contributed by atoms with van der Waals surface area (Å²) >= 11 is 0. The highest BCUT2D eigenvalue weighted by Gasteiger charge is 2.20. The van der Waals surface area contributed by atoms with Crippen LogP contribution in [0.15, 0.2) is 17.1 Å². The van der Waals surface area contributed by atoms with Crippen molar-refractivity contribution >= 4 is 29.9 Å². The van der Waals surface area contributed by atoms with Crippen LogP contribution in [0.25, 0.3) is 0 Å². The van der Waals surface area contributed by atoms with E-state index in [1.165, 1.54) is 32.2 Å². The van der Waals surface area contributed by atoms with Gasteiger partial charge in [-0.1, -0.05) is 13.3 Å². The van der Waals surface area contributed by atoms with E-state index in [2.05, 4.69) is 29.4 Å². The number of piperidine rings is 1. The fourth-order valence-electron chi connectivity index (χ4n) is 3.87. The lowest BCUT2D eigenvalue weighted by Gasteiger charge is -2.35. The molecule has 0 aromatic heterocycles. The van der Waals surface area contributed by atoms with Gasteiger partial charge in [-0.3, -0.25) is 4.90 Å². The zero-order valence-corrected chi connectivity index (χ0v) is 21.5. The van der Waals surface area contributed by atoms with Crippen molar-refractivity contribution in [3.8, 4) is 17.2 Å². The van der Waals surface area contributed by atoms with Crippen molar-refractivity contribution < 1.29 is 14.2 Å². The Hall–Kier alpha value is -1.42. The molecule has 0 radical (unpaired) electrons. The maximum atomic E-state index is 5.44. The summed E-state index contributed by atoms with van der Waals surface area (Å²) in [7, 11) is 4.86. The number of nitrogens with zero attached hydrogens (tertiary/aromatic N) is 2. The topological polar surface area (TPSA) is 67.4 Å². The third kappa shape index (κ3) is 7.68. The molecule has 172 valence electrons. The number of methoxy groups -OCH3 is 3. The second-order valence-corrected chi connectivity index (χ2v) is 7.25. The van der Waals surface area contributed by atoms with E-state index in [1.54, 1.807) is 21.3 Å². The SMILES string of the molecule is CCNC(=NCc1cc(OC)c(OC)c(OC)c1)NCCN1CCCCC1CC.I. The van der Waals surface area contributed by atoms with E-state index in [0.717, 1.165) is 37.2 Å². The van der Waals surface area contributed by atoms with Gasteiger partial charge in [-0.2, -0.15) is 0 Å². The molecule has 0 saturated carbocycles. The van der Waals surface area contributed by atoms with E-state index in [4.69, 9.17) is 19.2 Å². The molecule has 1 saturated heterocycles. The van der Waals surface area contributed by atoms with Crippen LogP contribution in [0.3, 0.4) is 0 Å². The predicted molar refractivity (Wildman–Crippen MR) is 134 cm³/mol. The Kier molecular flexibility index (Phi) is 12.9. The molecule has 0 spiro atoms. The minimum Gasteiger partial charge on any atom is -0.493 e. The van der Waals surface area contributed by atoms with E-state index in [9.17, 15) is 0 Å². The molecule has 1 aliphatic heterocycles. The van der Waals surface area contributed by atoms with E-state index in [-0.39, 0.29) is 24.0 Å². The first-order valence-corrected chi connectivity index (χ1v) is 10.7. The summed E-state index contributed by atoms with van der Waals surface area (Å²) in [4.78, 5) is 7.35. The normalized spacial score (nSPS) is 17.1. The first-order valence-electron chi connectivity index (χ1n) is 10.7. The Morgan fingerprint density at radius 3 is 2.33 bits per heavy atom. The fourth-order valence-corrected chi connectivity index (χ4v) is 3.87. The average Bonchev–Trinajstić information content (AvgIpc) is 2.76. The van der Waals surface area contributed by atoms with Crippen molar-refractivity contribution in [2.24, 2.45) is 4.99 Å². The summed E-state index contributed by atoms with van der Waals surface area (Å²) in [6.07, 6.45) is 5.23. The van der Waals surface area contributed by atoms with Crippen molar-refractivity contribution in [3.05, 3.63) is 17.7 Å². The van der Waals surface area contributed by atoms with Crippen LogP contribution in [-0.4, -0.2) is 64.4 Å². The first kappa shape index (κ1) is 26.6. The molecule has 1 fully saturated rings. The smallest absolute Gasteiger partial charge is 0.203 e. The maximum absolute atomic E-state index is 5.44. The van der Waals surface area contributed by atoms with E-state index < -0.39 is 0 Å². The van der Waals surface area contributed by atoms with Crippen LogP contribution in [0.4, 0.5) is 0 Å². The molecule has 8 heteroatoms. The maximum Gasteiger partial charge on any atom is 0.203 e. The molecule has 2 rings (SSSR count). The molecule has 7 nitrogen and oxygen atoms in total. The minimum absolute atomic E-state index is 0. The van der Waals surface area contributed by atoms with Crippen LogP contribution in [0, 0.1) is 0 Å². The third-order valence-corrected chi connectivity index (χ3v) is 5.40. The number of likely N-dealkylation sites (tertiary alicyclic amines) is 1. The zero-order chi connectivity index (χ0) is 21.1. The molecule has 0 aliphatic carbocycles. The van der Waals surface area contributed by atoms with Crippen LogP contribution in [0.5, 0.6) is 17.2 Å². The van der Waals surface area contributed by atoms with Crippen molar-refractivity contribution in [3.63, 3.8) is 0 Å². The van der Waals surface area contributed by atoms with Gasteiger partial charge in [0.1, 0.15) is 0 Å². The van der Waals surface area contributed by atoms with Gasteiger partial charge in [0.05, 0.1) is 27.9 Å². The molecular weight excluding hydrogens is 495 g/mol. The Bertz CT molecular complexity index is 632. The lowest BCUT2D eigenvalue weighted by atomic mass is 10.0. The molecular formula is C22H39IN4O3. The number of rotatable bonds is 10. The van der Waals surface area contributed by atoms with Gasteiger partial charge in [0.25, 0.3) is 0 Å². The highest BCUT2D eigenvalue weighted by Crippen LogP contribution is 2.38. The summed E-state index contributed by atoms with van der Waals surface area (Å²) < 4.78 is 16.3. The first-order chi connectivity index (χ1) is 14.2. The molecule has 1 unspecified atom stereocenters. The minimum atomic E-state index is 0. The highest BCUT2D eigenvalue weighted by atomic mass is 127. The number of hydrogen-bond acceptors (Lipinski definition) is 5. The summed E-state index contributed by atoms with van der Waals surface area (Å²) in [5.41, 5.74) is 0.999. The largest absolute Gasteiger partial charge is 0.493 e. The van der Waals surface area contributed by atoms with Crippen molar-refractivity contribution in [1.82, 2.24) is 15.5 Å². The Labute approximate surface area is 199 Å². The molecule has 1 aliphatic rings. The van der Waals surface area contributed by atoms with Crippen LogP contribution in [-0.2, 0) is 6.54 Å². The molecule has 30 heavy (non-hydrogen) atoms. The van der Waals surface area contributed by atoms with Crippen molar-refractivity contribution in [2.45, 2.75) is 52.1 Å². The Balaban J connectivity index is 0.00000450. The van der Waals surface area contributed by atoms with E-state index in [1.807, 2.05) is 12.1 Å². The molecule has 1 heterocycles. The summed E-state index contributed by atoms with van der Waals surface area (Å²) in [6.45, 7) is 8.85. The van der Waals surface area contributed by atoms with Crippen molar-refractivity contribution in [2.75, 3.05) is 47.5 Å². The van der Waals surface area contributed by atoms with Crippen molar-refractivity contribution in [1.29, 1.82) is 0 Å². The van der Waals surface area contributed by atoms with Gasteiger partial charge in [-0.05, 0) is 50.4 Å². The highest BCUT2D eigenvalue weighted by molar-refractivity contribution is 14.0. The quantitative estimate of drug-likeness (QED) is 0.272. The molecule has 2 N–H and O–H groups in total. The molecule has 0 amide bonds. The van der Waals surface area contributed by atoms with Gasteiger partial charge in [0.2, 0.25) is 5.75 Å². The second-order valence-electron chi connectivity index (χ2n) is 7.25. The number of ether oxygens (including phenoxy) is 3. The number of nitrogens with one attached hydrogen (secondary N) is 2. The summed E-state index contributed by atoms with van der Waals surface area (Å²) in [5.74, 6) is 2.71. The Morgan fingerprint density at radius 2 is 1.77 bits per heavy atom.